The molecule has 108 heavy (non-hydrogen) atoms. The second-order valence-electron chi connectivity index (χ2n) is 28.3. The topological polar surface area (TPSA) is 29.0 Å². The smallest absolute Gasteiger partial charge is 0.252 e. The summed E-state index contributed by atoms with van der Waals surface area (Å²) in [7, 11) is 0. The normalized spacial score (nSPS) is 13.6. The van der Waals surface area contributed by atoms with E-state index in [-0.39, 0.29) is 21.8 Å². The average Bonchev–Trinajstić information content (AvgIpc) is 1.01. The van der Waals surface area contributed by atoms with Crippen molar-refractivity contribution in [1.82, 2.24) is 8.97 Å². The van der Waals surface area contributed by atoms with Crippen molar-refractivity contribution in [1.29, 1.82) is 0 Å². The number of hydrogen-bond acceptors (Lipinski definition) is 3. The molecule has 6 heteroatoms. The van der Waals surface area contributed by atoms with Crippen LogP contribution in [-0.4, -0.2) is 15.7 Å². The number of benzene rings is 17. The van der Waals surface area contributed by atoms with Gasteiger partial charge in [-0.2, -0.15) is 0 Å². The maximum absolute atomic E-state index is 10.2. The maximum Gasteiger partial charge on any atom is 0.252 e. The van der Waals surface area contributed by atoms with Crippen molar-refractivity contribution in [2.45, 2.75) is 0 Å². The van der Waals surface area contributed by atoms with Gasteiger partial charge >= 0.3 is 0 Å². The molecule has 0 amide bonds. The van der Waals surface area contributed by atoms with Crippen molar-refractivity contribution in [2.24, 2.45) is 0 Å². The second-order valence-corrected chi connectivity index (χ2v) is 28.3. The Morgan fingerprint density at radius 2 is 0.722 bits per heavy atom. The number of nitrogens with zero attached hydrogens (tertiary/aromatic N) is 4. The van der Waals surface area contributed by atoms with Gasteiger partial charge in [-0.25, -0.2) is 0 Å². The Hall–Kier alpha value is -14.2. The zero-order valence-corrected chi connectivity index (χ0v) is 58.0. The van der Waals surface area contributed by atoms with E-state index in [0.29, 0.717) is 17.1 Å². The molecule has 0 unspecified atom stereocenters. The maximum atomic E-state index is 10.2. The molecular formula is C102H63BN4O. The first-order valence-corrected chi connectivity index (χ1v) is 36.7. The molecule has 0 aliphatic carbocycles. The van der Waals surface area contributed by atoms with Crippen molar-refractivity contribution in [3.8, 4) is 61.3 Å². The molecule has 500 valence electrons. The van der Waals surface area contributed by atoms with Gasteiger partial charge < -0.3 is 23.2 Å². The van der Waals surface area contributed by atoms with Gasteiger partial charge in [0.2, 0.25) is 0 Å². The molecule has 0 spiro atoms. The highest BCUT2D eigenvalue weighted by Gasteiger charge is 2.46. The van der Waals surface area contributed by atoms with E-state index >= 15 is 0 Å². The second kappa shape index (κ2) is 23.7. The van der Waals surface area contributed by atoms with Crippen molar-refractivity contribution in [3.05, 3.63) is 382 Å². The number of aromatic nitrogens is 2. The first-order chi connectivity index (χ1) is 56.9. The van der Waals surface area contributed by atoms with Gasteiger partial charge in [0, 0.05) is 77.0 Å². The van der Waals surface area contributed by atoms with E-state index in [0.717, 1.165) is 176 Å². The molecule has 6 heterocycles. The zero-order valence-electron chi connectivity index (χ0n) is 66.0. The molecule has 0 radical (unpaired) electrons. The van der Waals surface area contributed by atoms with E-state index in [1.807, 2.05) is 42.5 Å². The molecule has 17 aromatic carbocycles. The van der Waals surface area contributed by atoms with Crippen LogP contribution < -0.4 is 26.2 Å². The van der Waals surface area contributed by atoms with Crippen LogP contribution in [0.1, 0.15) is 11.0 Å². The number of para-hydroxylation sites is 5. The molecule has 0 bridgehead atoms. The molecule has 21 aromatic rings. The highest BCUT2D eigenvalue weighted by Crippen LogP contribution is 2.53. The predicted octanol–water partition coefficient (Wildman–Crippen LogP) is 25.7. The summed E-state index contributed by atoms with van der Waals surface area (Å²) >= 11 is 0. The summed E-state index contributed by atoms with van der Waals surface area (Å²) in [6, 6.07) is 115. The number of furan rings is 1. The molecule has 0 saturated heterocycles. The van der Waals surface area contributed by atoms with Crippen LogP contribution in [0.2, 0.25) is 0 Å². The number of fused-ring (bicyclic) bond motifs is 20. The Bertz CT molecular complexity index is 7830. The molecule has 0 saturated carbocycles. The average molecular weight is 1380 g/mol. The first-order valence-electron chi connectivity index (χ1n) is 40.7. The molecule has 5 nitrogen and oxygen atoms in total. The molecular weight excluding hydrogens is 1310 g/mol. The van der Waals surface area contributed by atoms with Crippen LogP contribution in [0, 0.1) is 0 Å². The van der Waals surface area contributed by atoms with Crippen LogP contribution in [-0.2, 0) is 0 Å². The summed E-state index contributed by atoms with van der Waals surface area (Å²) in [5.74, 6) is 0. The van der Waals surface area contributed by atoms with Gasteiger partial charge in [-0.05, 0) is 161 Å². The lowest BCUT2D eigenvalue weighted by atomic mass is 9.33. The molecule has 4 aromatic heterocycles. The fourth-order valence-electron chi connectivity index (χ4n) is 18.1. The van der Waals surface area contributed by atoms with Gasteiger partial charge in [0.15, 0.2) is 0 Å². The van der Waals surface area contributed by atoms with Crippen molar-refractivity contribution in [3.63, 3.8) is 0 Å². The minimum atomic E-state index is -0.600. The fraction of sp³-hybridized carbons (Fsp3) is 0. The van der Waals surface area contributed by atoms with Gasteiger partial charge in [-0.1, -0.05) is 303 Å². The summed E-state index contributed by atoms with van der Waals surface area (Å²) < 4.78 is 88.9. The molecule has 0 atom stereocenters. The number of anilines is 6. The Balaban J connectivity index is 0.962. The summed E-state index contributed by atoms with van der Waals surface area (Å²) in [5.41, 5.74) is 22.3. The van der Waals surface area contributed by atoms with Gasteiger partial charge in [0.25, 0.3) is 6.71 Å². The summed E-state index contributed by atoms with van der Waals surface area (Å²) in [4.78, 5) is 4.81. The van der Waals surface area contributed by atoms with Crippen molar-refractivity contribution in [2.75, 3.05) is 9.80 Å². The minimum Gasteiger partial charge on any atom is -0.456 e. The summed E-state index contributed by atoms with van der Waals surface area (Å²) in [6.07, 6.45) is 0. The third-order valence-electron chi connectivity index (χ3n) is 22.7. The lowest BCUT2D eigenvalue weighted by Gasteiger charge is -2.45. The molecule has 2 aliphatic heterocycles. The van der Waals surface area contributed by atoms with E-state index in [1.54, 1.807) is 4.57 Å². The van der Waals surface area contributed by atoms with Crippen LogP contribution in [0.25, 0.3) is 165 Å². The van der Waals surface area contributed by atoms with E-state index in [9.17, 15) is 11.0 Å². The van der Waals surface area contributed by atoms with Gasteiger partial charge in [-0.3, -0.25) is 0 Å². The van der Waals surface area contributed by atoms with Crippen molar-refractivity contribution >= 4 is 161 Å². The van der Waals surface area contributed by atoms with Crippen LogP contribution in [0.15, 0.2) is 386 Å². The Morgan fingerprint density at radius 1 is 0.259 bits per heavy atom. The first kappa shape index (κ1) is 52.7. The van der Waals surface area contributed by atoms with Crippen LogP contribution in [0.5, 0.6) is 0 Å². The Morgan fingerprint density at radius 3 is 1.32 bits per heavy atom. The standard InChI is InChI=1S/C102H63BN4O/c1-5-27-64(28-6-1)68-52-55-91(83(57-68)66-31-9-3-10-32-66)105-94-59-70(72-43-26-50-99-100(72)82-42-20-24-49-98(82)108-99)51-54-86(94)103-87-62-85-76-38-16-14-36-74(76)73-35-13-15-37-75(73)80-44-25-45-81-79-41-19-23-48-90(79)107(102(80)81)93(85)63-95(87)106(92-56-53-69(65-29-7-2-8-30-65)58-84(92)67-33-11-4-12-34-67)97-61-71(60-96(105)101(97)103)104-88-46-21-17-39-77(88)78-40-18-22-47-89(78)104/h1-63H/i17D,18D,21D,22D,39D,40D,46D,47D. The predicted molar refractivity (Wildman–Crippen MR) is 457 cm³/mol. The quantitative estimate of drug-likeness (QED) is 0.142. The minimum absolute atomic E-state index is 0.00333. The van der Waals surface area contributed by atoms with Gasteiger partial charge in [0.05, 0.1) is 55.6 Å². The molecule has 0 N–H and O–H groups in total. The third kappa shape index (κ3) is 8.95. The summed E-state index contributed by atoms with van der Waals surface area (Å²) in [5, 5.41) is 10.5. The number of hydrogen-bond donors (Lipinski definition) is 0. The van der Waals surface area contributed by atoms with E-state index < -0.39 is 55.1 Å². The van der Waals surface area contributed by atoms with Gasteiger partial charge in [0.1, 0.15) is 11.2 Å². The molecule has 0 fully saturated rings. The highest BCUT2D eigenvalue weighted by molar-refractivity contribution is 7.00. The monoisotopic (exact) mass is 1380 g/mol. The van der Waals surface area contributed by atoms with E-state index in [2.05, 4.69) is 305 Å². The fourth-order valence-corrected chi connectivity index (χ4v) is 18.1. The van der Waals surface area contributed by atoms with E-state index in [1.165, 1.54) is 0 Å². The zero-order chi connectivity index (χ0) is 77.6. The number of rotatable bonds is 8. The SMILES string of the molecule is [2H]c1c([2H])c([2H])c2c(c1[2H])c1c([2H])c([2H])c([2H])c([2H])c1n2-c1cc2c3c(c1)N(c1ccc(-c4ccccc4)cc1-c1ccccc1)c1cc4c(cc1B3c1ccc(-c3cccc5oc6ccccc6c35)cc1N2c1ccc(-c2ccccc2)cc1-c1ccccc1)c1ccccc1c1ccccc1c1cccc2c3ccccc3n4c12. The third-order valence-corrected chi connectivity index (χ3v) is 22.7. The molecule has 2 aliphatic rings. The van der Waals surface area contributed by atoms with Crippen molar-refractivity contribution < 1.29 is 15.4 Å². The highest BCUT2D eigenvalue weighted by atomic mass is 16.3. The van der Waals surface area contributed by atoms with E-state index in [4.69, 9.17) is 4.42 Å². The largest absolute Gasteiger partial charge is 0.456 e. The molecule has 23 rings (SSSR count). The Labute approximate surface area is 634 Å². The Kier molecular flexibility index (Phi) is 11.5. The lowest BCUT2D eigenvalue weighted by molar-refractivity contribution is 0.669. The lowest BCUT2D eigenvalue weighted by Crippen LogP contribution is -2.61. The van der Waals surface area contributed by atoms with Crippen LogP contribution in [0.3, 0.4) is 0 Å². The summed E-state index contributed by atoms with van der Waals surface area (Å²) in [6.45, 7) is -0.600. The van der Waals surface area contributed by atoms with Crippen LogP contribution >= 0.6 is 0 Å². The van der Waals surface area contributed by atoms with Gasteiger partial charge in [-0.15, -0.1) is 0 Å². The van der Waals surface area contributed by atoms with Crippen LogP contribution in [0.4, 0.5) is 34.1 Å².